The zero-order chi connectivity index (χ0) is 33.0. The van der Waals surface area contributed by atoms with Gasteiger partial charge in [0.25, 0.3) is 0 Å². The molecule has 3 fully saturated rings. The Bertz CT molecular complexity index is 1890. The lowest BCUT2D eigenvalue weighted by Gasteiger charge is -2.32. The van der Waals surface area contributed by atoms with E-state index in [0.29, 0.717) is 60.1 Å². The molecular formula is C36H39F3N6O2. The molecule has 0 aliphatic carbocycles. The molecule has 8 nitrogen and oxygen atoms in total. The summed E-state index contributed by atoms with van der Waals surface area (Å²) >= 11 is 0. The number of amides is 1. The van der Waals surface area contributed by atoms with Crippen molar-refractivity contribution in [3.63, 3.8) is 0 Å². The van der Waals surface area contributed by atoms with E-state index >= 15 is 4.39 Å². The number of pyridine rings is 1. The molecule has 4 atom stereocenters. The van der Waals surface area contributed by atoms with Crippen molar-refractivity contribution in [3.8, 4) is 17.3 Å². The highest BCUT2D eigenvalue weighted by atomic mass is 19.1. The Kier molecular flexibility index (Phi) is 8.06. The van der Waals surface area contributed by atoms with Crippen LogP contribution in [0.2, 0.25) is 0 Å². The molecule has 0 N–H and O–H groups in total. The van der Waals surface area contributed by atoms with E-state index in [1.54, 1.807) is 29.3 Å². The Hall–Kier alpha value is -4.25. The van der Waals surface area contributed by atoms with Crippen LogP contribution in [0.4, 0.5) is 19.0 Å². The van der Waals surface area contributed by atoms with Crippen LogP contribution < -0.4 is 9.64 Å². The Morgan fingerprint density at radius 2 is 2.04 bits per heavy atom. The first-order valence-corrected chi connectivity index (χ1v) is 16.4. The predicted octanol–water partition coefficient (Wildman–Crippen LogP) is 6.25. The summed E-state index contributed by atoms with van der Waals surface area (Å²) in [6.45, 7) is 9.40. The maximum absolute atomic E-state index is 16.9. The number of carbonyl (C=O) groups excluding carboxylic acids is 1. The fourth-order valence-electron chi connectivity index (χ4n) is 8.19. The fraction of sp³-hybridized carbons (Fsp3) is 0.444. The van der Waals surface area contributed by atoms with Crippen LogP contribution in [0.5, 0.6) is 6.01 Å². The smallest absolute Gasteiger partial charge is 0.319 e. The fourth-order valence-corrected chi connectivity index (χ4v) is 8.19. The van der Waals surface area contributed by atoms with Gasteiger partial charge in [-0.3, -0.25) is 14.7 Å². The minimum Gasteiger partial charge on any atom is -0.461 e. The van der Waals surface area contributed by atoms with E-state index in [1.807, 2.05) is 31.9 Å². The number of aryl methyl sites for hydroxylation is 1. The Balaban J connectivity index is 1.35. The molecule has 246 valence electrons. The van der Waals surface area contributed by atoms with Gasteiger partial charge in [-0.25, -0.2) is 13.2 Å². The lowest BCUT2D eigenvalue weighted by atomic mass is 9.95. The van der Waals surface area contributed by atoms with Crippen molar-refractivity contribution >= 4 is 33.4 Å². The molecule has 47 heavy (non-hydrogen) atoms. The van der Waals surface area contributed by atoms with E-state index in [0.717, 1.165) is 24.8 Å². The van der Waals surface area contributed by atoms with Gasteiger partial charge in [0.05, 0.1) is 17.0 Å². The molecule has 5 heterocycles. The first kappa shape index (κ1) is 31.4. The molecular weight excluding hydrogens is 605 g/mol. The lowest BCUT2D eigenvalue weighted by molar-refractivity contribution is -0.126. The maximum atomic E-state index is 16.9. The summed E-state index contributed by atoms with van der Waals surface area (Å²) in [4.78, 5) is 32.4. The molecule has 0 radical (unpaired) electrons. The van der Waals surface area contributed by atoms with Crippen LogP contribution in [-0.2, 0) is 11.2 Å². The molecule has 0 spiro atoms. The van der Waals surface area contributed by atoms with Crippen LogP contribution in [0.3, 0.4) is 0 Å². The number of halogens is 3. The average molecular weight is 645 g/mol. The molecule has 2 aromatic carbocycles. The van der Waals surface area contributed by atoms with Gasteiger partial charge >= 0.3 is 6.01 Å². The maximum Gasteiger partial charge on any atom is 0.319 e. The van der Waals surface area contributed by atoms with Gasteiger partial charge in [0.1, 0.15) is 35.6 Å². The van der Waals surface area contributed by atoms with Crippen LogP contribution in [0.1, 0.15) is 45.1 Å². The van der Waals surface area contributed by atoms with Crippen molar-refractivity contribution in [2.75, 3.05) is 38.2 Å². The minimum atomic E-state index is -0.923. The van der Waals surface area contributed by atoms with Crippen molar-refractivity contribution in [3.05, 3.63) is 66.4 Å². The topological polar surface area (TPSA) is 74.7 Å². The third-order valence-corrected chi connectivity index (χ3v) is 10.6. The average Bonchev–Trinajstić information content (AvgIpc) is 3.74. The second-order valence-corrected chi connectivity index (χ2v) is 13.1. The summed E-state index contributed by atoms with van der Waals surface area (Å²) in [5.41, 5.74) is 0.589. The first-order valence-electron chi connectivity index (χ1n) is 16.4. The number of nitrogens with zero attached hydrogens (tertiary/aromatic N) is 6. The highest BCUT2D eigenvalue weighted by Crippen LogP contribution is 2.41. The normalized spacial score (nSPS) is 24.3. The molecule has 1 amide bonds. The zero-order valence-corrected chi connectivity index (χ0v) is 27.0. The number of carbonyl (C=O) groups is 1. The van der Waals surface area contributed by atoms with E-state index in [1.165, 1.54) is 12.1 Å². The third kappa shape index (κ3) is 5.19. The van der Waals surface area contributed by atoms with E-state index in [-0.39, 0.29) is 47.6 Å². The van der Waals surface area contributed by atoms with Crippen LogP contribution in [0, 0.1) is 11.6 Å². The molecule has 4 aromatic rings. The van der Waals surface area contributed by atoms with E-state index in [2.05, 4.69) is 21.4 Å². The molecule has 0 unspecified atom stereocenters. The number of rotatable bonds is 8. The summed E-state index contributed by atoms with van der Waals surface area (Å²) < 4.78 is 52.6. The van der Waals surface area contributed by atoms with Gasteiger partial charge in [0.15, 0.2) is 5.82 Å². The summed E-state index contributed by atoms with van der Waals surface area (Å²) in [6.07, 6.45) is 5.18. The Labute approximate surface area is 272 Å². The monoisotopic (exact) mass is 644 g/mol. The van der Waals surface area contributed by atoms with E-state index < -0.39 is 17.5 Å². The number of ether oxygens (including phenoxy) is 1. The minimum absolute atomic E-state index is 0.0122. The number of benzene rings is 2. The van der Waals surface area contributed by atoms with Crippen LogP contribution in [0.25, 0.3) is 32.9 Å². The summed E-state index contributed by atoms with van der Waals surface area (Å²) in [7, 11) is 1.86. The van der Waals surface area contributed by atoms with Crippen molar-refractivity contribution < 1.29 is 22.7 Å². The van der Waals surface area contributed by atoms with E-state index in [9.17, 15) is 13.6 Å². The third-order valence-electron chi connectivity index (χ3n) is 10.6. The number of fused-ring (bicyclic) bond motifs is 3. The van der Waals surface area contributed by atoms with Crippen molar-refractivity contribution in [1.82, 2.24) is 24.8 Å². The lowest BCUT2D eigenvalue weighted by Crippen LogP contribution is -2.44. The molecule has 11 heteroatoms. The van der Waals surface area contributed by atoms with Crippen LogP contribution in [-0.4, -0.2) is 87.7 Å². The molecule has 3 aliphatic rings. The van der Waals surface area contributed by atoms with Gasteiger partial charge in [-0.1, -0.05) is 37.8 Å². The molecule has 0 bridgehead atoms. The Morgan fingerprint density at radius 1 is 1.21 bits per heavy atom. The number of hydrogen-bond donors (Lipinski definition) is 0. The van der Waals surface area contributed by atoms with Gasteiger partial charge in [-0.05, 0) is 67.6 Å². The summed E-state index contributed by atoms with van der Waals surface area (Å²) in [5.74, 6) is -0.755. The number of aromatic nitrogens is 3. The van der Waals surface area contributed by atoms with Crippen molar-refractivity contribution in [2.24, 2.45) is 0 Å². The first-order chi connectivity index (χ1) is 22.7. The largest absolute Gasteiger partial charge is 0.461 e. The van der Waals surface area contributed by atoms with Gasteiger partial charge in [-0.15, -0.1) is 0 Å². The van der Waals surface area contributed by atoms with E-state index in [4.69, 9.17) is 9.72 Å². The van der Waals surface area contributed by atoms with Gasteiger partial charge in [-0.2, -0.15) is 9.97 Å². The number of likely N-dealkylation sites (N-methyl/N-ethyl adjacent to an activating group) is 1. The predicted molar refractivity (Wildman–Crippen MR) is 176 cm³/mol. The van der Waals surface area contributed by atoms with Gasteiger partial charge in [0.2, 0.25) is 5.91 Å². The van der Waals surface area contributed by atoms with Gasteiger partial charge < -0.3 is 14.5 Å². The highest BCUT2D eigenvalue weighted by Gasteiger charge is 2.49. The summed E-state index contributed by atoms with van der Waals surface area (Å²) in [6, 6.07) is 8.23. The van der Waals surface area contributed by atoms with Crippen molar-refractivity contribution in [2.45, 2.75) is 69.7 Å². The summed E-state index contributed by atoms with van der Waals surface area (Å²) in [5, 5.41) is 1.78. The van der Waals surface area contributed by atoms with Gasteiger partial charge in [0, 0.05) is 44.4 Å². The number of likely N-dealkylation sites (tertiary alicyclic amines) is 1. The number of alkyl halides is 1. The van der Waals surface area contributed by atoms with Crippen LogP contribution in [0.15, 0.2) is 49.2 Å². The number of anilines is 1. The number of hydrogen-bond acceptors (Lipinski definition) is 7. The quantitative estimate of drug-likeness (QED) is 0.210. The second kappa shape index (κ2) is 12.1. The molecule has 3 aliphatic heterocycles. The Morgan fingerprint density at radius 3 is 2.83 bits per heavy atom. The molecule has 0 saturated carbocycles. The highest BCUT2D eigenvalue weighted by molar-refractivity contribution is 6.01. The molecule has 3 saturated heterocycles. The van der Waals surface area contributed by atoms with Crippen LogP contribution >= 0.6 is 0 Å². The molecule has 7 rings (SSSR count). The zero-order valence-electron chi connectivity index (χ0n) is 27.0. The van der Waals surface area contributed by atoms with Crippen molar-refractivity contribution in [1.29, 1.82) is 0 Å². The second-order valence-electron chi connectivity index (χ2n) is 13.1. The SMILES string of the molecule is C=CC(=O)N1CC[C@@H](N(C)c2nc(OC[C@@]34CCCN3C[C@H](F)C4)nc3c(F)c(-c4cccc5ccc(F)c(CC)c45)ncc23)[C@H]1C. The standard InChI is InChI=1S/C36H39F3N6O2/c1-5-24-27(38)12-11-22-9-7-10-25(30(22)24)32-31(39)33-26(18-40-32)34(43(4)28-13-16-45(21(28)3)29(46)6-2)42-35(41-33)47-20-36-14-8-15-44(36)19-23(37)17-36/h6-7,9-12,18,21,23,28H,2,5,8,13-17,19-20H2,1,3-4H3/t21-,23-,28-,36+/m1/s1. The molecule has 2 aromatic heterocycles.